The van der Waals surface area contributed by atoms with Gasteiger partial charge in [-0.3, -0.25) is 0 Å². The summed E-state index contributed by atoms with van der Waals surface area (Å²) >= 11 is 0. The average molecular weight is 204 g/mol. The smallest absolute Gasteiger partial charge is 0.0681 e. The van der Waals surface area contributed by atoms with Gasteiger partial charge in [-0.25, -0.2) is 0 Å². The third kappa shape index (κ3) is 3.48. The van der Waals surface area contributed by atoms with Gasteiger partial charge >= 0.3 is 0 Å². The van der Waals surface area contributed by atoms with E-state index in [4.69, 9.17) is 16.6 Å². The van der Waals surface area contributed by atoms with Crippen molar-refractivity contribution in [2.24, 2.45) is 11.5 Å². The lowest BCUT2D eigenvalue weighted by Gasteiger charge is -2.02. The quantitative estimate of drug-likeness (QED) is 0.650. The van der Waals surface area contributed by atoms with Gasteiger partial charge in [0.2, 0.25) is 0 Å². The summed E-state index contributed by atoms with van der Waals surface area (Å²) in [5.74, 6) is 0. The molecule has 0 atom stereocenters. The Kier molecular flexibility index (Phi) is 3.94. The van der Waals surface area contributed by atoms with Crippen molar-refractivity contribution in [1.82, 2.24) is 0 Å². The van der Waals surface area contributed by atoms with Crippen LogP contribution in [0.15, 0.2) is 42.1 Å². The fourth-order valence-corrected chi connectivity index (χ4v) is 1.12. The summed E-state index contributed by atoms with van der Waals surface area (Å²) in [6.45, 7) is 1.85. The maximum atomic E-state index is 8.87. The highest BCUT2D eigenvalue weighted by molar-refractivity contribution is 5.64. The summed E-state index contributed by atoms with van der Waals surface area (Å²) in [6.07, 6.45) is 3.53. The minimum absolute atomic E-state index is 0.0473. The van der Waals surface area contributed by atoms with E-state index < -0.39 is 0 Å². The zero-order valence-corrected chi connectivity index (χ0v) is 8.77. The van der Waals surface area contributed by atoms with E-state index in [1.165, 1.54) is 0 Å². The van der Waals surface area contributed by atoms with Crippen LogP contribution in [0.4, 0.5) is 0 Å². The molecule has 0 aliphatic rings. The molecule has 15 heavy (non-hydrogen) atoms. The number of hydrogen-bond acceptors (Lipinski definition) is 3. The van der Waals surface area contributed by atoms with E-state index in [1.807, 2.05) is 24.3 Å². The van der Waals surface area contributed by atoms with Crippen molar-refractivity contribution in [2.45, 2.75) is 13.5 Å². The first kappa shape index (κ1) is 11.3. The molecule has 0 radical (unpaired) electrons. The van der Waals surface area contributed by atoms with Gasteiger partial charge in [0, 0.05) is 11.4 Å². The molecule has 1 rings (SSSR count). The molecule has 3 heteroatoms. The molecule has 0 unspecified atom stereocenters. The summed E-state index contributed by atoms with van der Waals surface area (Å²) in [5, 5.41) is 8.87. The van der Waals surface area contributed by atoms with E-state index in [9.17, 15) is 0 Å². The molecule has 0 fully saturated rings. The Morgan fingerprint density at radius 1 is 1.20 bits per heavy atom. The lowest BCUT2D eigenvalue weighted by Crippen LogP contribution is -1.97. The summed E-state index contributed by atoms with van der Waals surface area (Å²) in [7, 11) is 0. The minimum atomic E-state index is 0.0473. The normalized spacial score (nSPS) is 12.9. The van der Waals surface area contributed by atoms with Crippen LogP contribution in [0, 0.1) is 0 Å². The van der Waals surface area contributed by atoms with Crippen LogP contribution in [0.3, 0.4) is 0 Å². The highest BCUT2D eigenvalue weighted by atomic mass is 16.3. The third-order valence-corrected chi connectivity index (χ3v) is 2.00. The number of allylic oxidation sites excluding steroid dienone is 3. The Bertz CT molecular complexity index is 373. The Morgan fingerprint density at radius 3 is 2.27 bits per heavy atom. The second-order valence-corrected chi connectivity index (χ2v) is 3.39. The largest absolute Gasteiger partial charge is 0.402 e. The number of hydrogen-bond donors (Lipinski definition) is 3. The molecule has 0 bridgehead atoms. The van der Waals surface area contributed by atoms with Gasteiger partial charge < -0.3 is 16.6 Å². The van der Waals surface area contributed by atoms with E-state index in [1.54, 1.807) is 19.1 Å². The van der Waals surface area contributed by atoms with Crippen LogP contribution in [0.25, 0.3) is 5.70 Å². The topological polar surface area (TPSA) is 72.3 Å². The lowest BCUT2D eigenvalue weighted by atomic mass is 10.1. The van der Waals surface area contributed by atoms with Gasteiger partial charge in [-0.1, -0.05) is 24.3 Å². The van der Waals surface area contributed by atoms with E-state index in [0.717, 1.165) is 11.1 Å². The zero-order chi connectivity index (χ0) is 11.3. The van der Waals surface area contributed by atoms with Crippen molar-refractivity contribution in [3.63, 3.8) is 0 Å². The van der Waals surface area contributed by atoms with Crippen LogP contribution in [-0.4, -0.2) is 5.11 Å². The zero-order valence-electron chi connectivity index (χ0n) is 8.77. The molecule has 0 aliphatic carbocycles. The van der Waals surface area contributed by atoms with E-state index in [-0.39, 0.29) is 6.61 Å². The maximum Gasteiger partial charge on any atom is 0.0681 e. The molecule has 0 aromatic heterocycles. The molecule has 0 spiro atoms. The Balaban J connectivity index is 2.87. The molecular formula is C12H16N2O. The molecular weight excluding hydrogens is 188 g/mol. The first-order valence-electron chi connectivity index (χ1n) is 4.73. The van der Waals surface area contributed by atoms with Gasteiger partial charge in [0.05, 0.1) is 6.61 Å². The van der Waals surface area contributed by atoms with Gasteiger partial charge in [0.15, 0.2) is 0 Å². The van der Waals surface area contributed by atoms with Gasteiger partial charge in [-0.2, -0.15) is 0 Å². The van der Waals surface area contributed by atoms with Gasteiger partial charge in [-0.05, 0) is 30.2 Å². The van der Waals surface area contributed by atoms with Crippen molar-refractivity contribution < 1.29 is 5.11 Å². The predicted octanol–water partition coefficient (Wildman–Crippen LogP) is 1.34. The standard InChI is InChI=1S/C12H16N2O/c1-9(13)2-7-12(14)11-5-3-10(8-15)4-6-11/h2-7,15H,8,13-14H2,1H3/b9-2-,12-7-. The fraction of sp³-hybridized carbons (Fsp3) is 0.167. The predicted molar refractivity (Wildman–Crippen MR) is 62.5 cm³/mol. The number of nitrogens with two attached hydrogens (primary N) is 2. The third-order valence-electron chi connectivity index (χ3n) is 2.00. The summed E-state index contributed by atoms with van der Waals surface area (Å²) in [4.78, 5) is 0. The molecule has 0 saturated carbocycles. The number of aliphatic hydroxyl groups excluding tert-OH is 1. The molecule has 0 amide bonds. The molecule has 0 saturated heterocycles. The molecule has 1 aromatic carbocycles. The Hall–Kier alpha value is -1.74. The number of aliphatic hydroxyl groups is 1. The molecule has 3 nitrogen and oxygen atoms in total. The van der Waals surface area contributed by atoms with Crippen LogP contribution >= 0.6 is 0 Å². The van der Waals surface area contributed by atoms with Crippen molar-refractivity contribution in [1.29, 1.82) is 0 Å². The maximum absolute atomic E-state index is 8.87. The minimum Gasteiger partial charge on any atom is -0.402 e. The van der Waals surface area contributed by atoms with Gasteiger partial charge in [-0.15, -0.1) is 0 Å². The van der Waals surface area contributed by atoms with Crippen LogP contribution in [-0.2, 0) is 6.61 Å². The fourth-order valence-electron chi connectivity index (χ4n) is 1.12. The average Bonchev–Trinajstić information content (AvgIpc) is 2.26. The van der Waals surface area contributed by atoms with Crippen molar-refractivity contribution >= 4 is 5.70 Å². The molecule has 0 aliphatic heterocycles. The lowest BCUT2D eigenvalue weighted by molar-refractivity contribution is 0.282. The first-order chi connectivity index (χ1) is 7.13. The highest BCUT2D eigenvalue weighted by Gasteiger charge is 1.95. The number of benzene rings is 1. The van der Waals surface area contributed by atoms with Crippen molar-refractivity contribution in [2.75, 3.05) is 0 Å². The molecule has 0 heterocycles. The van der Waals surface area contributed by atoms with E-state index >= 15 is 0 Å². The second-order valence-electron chi connectivity index (χ2n) is 3.39. The second kappa shape index (κ2) is 5.22. The number of rotatable bonds is 3. The van der Waals surface area contributed by atoms with E-state index in [2.05, 4.69) is 0 Å². The first-order valence-corrected chi connectivity index (χ1v) is 4.73. The van der Waals surface area contributed by atoms with Crippen LogP contribution in [0.5, 0.6) is 0 Å². The van der Waals surface area contributed by atoms with Gasteiger partial charge in [0.25, 0.3) is 0 Å². The SMILES string of the molecule is C/C(N)=C/C=C(\N)c1ccc(CO)cc1. The summed E-state index contributed by atoms with van der Waals surface area (Å²) in [6, 6.07) is 7.43. The van der Waals surface area contributed by atoms with Crippen LogP contribution in [0.1, 0.15) is 18.1 Å². The summed E-state index contributed by atoms with van der Waals surface area (Å²) < 4.78 is 0. The van der Waals surface area contributed by atoms with Crippen LogP contribution in [0.2, 0.25) is 0 Å². The van der Waals surface area contributed by atoms with Crippen LogP contribution < -0.4 is 11.5 Å². The summed E-state index contributed by atoms with van der Waals surface area (Å²) in [5.41, 5.74) is 14.5. The monoisotopic (exact) mass is 204 g/mol. The molecule has 5 N–H and O–H groups in total. The van der Waals surface area contributed by atoms with Crippen molar-refractivity contribution in [3.8, 4) is 0 Å². The van der Waals surface area contributed by atoms with Crippen molar-refractivity contribution in [3.05, 3.63) is 53.2 Å². The Morgan fingerprint density at radius 2 is 1.80 bits per heavy atom. The molecule has 80 valence electrons. The van der Waals surface area contributed by atoms with Gasteiger partial charge in [0.1, 0.15) is 0 Å². The molecule has 1 aromatic rings. The highest BCUT2D eigenvalue weighted by Crippen LogP contribution is 2.10. The van der Waals surface area contributed by atoms with E-state index in [0.29, 0.717) is 11.4 Å². The Labute approximate surface area is 89.7 Å².